The number of furan rings is 1. The molecule has 0 spiro atoms. The van der Waals surface area contributed by atoms with E-state index in [9.17, 15) is 9.18 Å². The number of hydrogen-bond acceptors (Lipinski definition) is 4. The molecule has 2 aromatic heterocycles. The van der Waals surface area contributed by atoms with E-state index < -0.39 is 5.82 Å². The number of amides is 1. The van der Waals surface area contributed by atoms with Crippen LogP contribution >= 0.6 is 0 Å². The topological polar surface area (TPSA) is 73.0 Å². The number of nitrogens with one attached hydrogen (secondary N) is 1. The van der Waals surface area contributed by atoms with E-state index in [1.54, 1.807) is 24.3 Å². The summed E-state index contributed by atoms with van der Waals surface area (Å²) in [5, 5.41) is 11.1. The maximum Gasteiger partial charge on any atom is 0.248 e. The summed E-state index contributed by atoms with van der Waals surface area (Å²) in [6.07, 6.45) is 8.53. The molecule has 0 unspecified atom stereocenters. The van der Waals surface area contributed by atoms with Crippen LogP contribution in [0.2, 0.25) is 0 Å². The van der Waals surface area contributed by atoms with Crippen molar-refractivity contribution < 1.29 is 13.6 Å². The number of aromatic nitrogens is 3. The second-order valence-corrected chi connectivity index (χ2v) is 6.43. The van der Waals surface area contributed by atoms with Crippen LogP contribution in [0.15, 0.2) is 47.1 Å². The molecule has 0 fully saturated rings. The van der Waals surface area contributed by atoms with Crippen LogP contribution in [0.5, 0.6) is 0 Å². The molecule has 138 valence electrons. The van der Waals surface area contributed by atoms with Crippen molar-refractivity contribution in [3.05, 3.63) is 60.1 Å². The first-order valence-electron chi connectivity index (χ1n) is 8.95. The molecule has 0 saturated heterocycles. The van der Waals surface area contributed by atoms with E-state index >= 15 is 0 Å². The summed E-state index contributed by atoms with van der Waals surface area (Å²) in [6, 6.07) is 7.94. The zero-order chi connectivity index (χ0) is 18.6. The Hall–Kier alpha value is -3.22. The third kappa shape index (κ3) is 3.81. The number of halogens is 1. The fourth-order valence-corrected chi connectivity index (χ4v) is 3.19. The first kappa shape index (κ1) is 17.2. The van der Waals surface area contributed by atoms with Gasteiger partial charge >= 0.3 is 0 Å². The molecule has 3 heterocycles. The first-order valence-corrected chi connectivity index (χ1v) is 8.95. The van der Waals surface area contributed by atoms with E-state index in [2.05, 4.69) is 15.5 Å². The second kappa shape index (κ2) is 7.57. The SMILES string of the molecule is O=C(/C=C/c1ccco1)Nc1ccc(F)c(-c2nnc3n2CCCCC3)c1. The normalized spacial score (nSPS) is 14.1. The van der Waals surface area contributed by atoms with Crippen LogP contribution in [0.3, 0.4) is 0 Å². The van der Waals surface area contributed by atoms with Crippen LogP contribution in [0, 0.1) is 5.82 Å². The fourth-order valence-electron chi connectivity index (χ4n) is 3.19. The predicted molar refractivity (Wildman–Crippen MR) is 99.3 cm³/mol. The predicted octanol–water partition coefficient (Wildman–Crippen LogP) is 4.06. The number of aryl methyl sites for hydroxylation is 1. The monoisotopic (exact) mass is 366 g/mol. The van der Waals surface area contributed by atoms with Crippen LogP contribution in [0.1, 0.15) is 30.8 Å². The molecule has 0 aliphatic carbocycles. The van der Waals surface area contributed by atoms with Gasteiger partial charge in [0.2, 0.25) is 5.91 Å². The smallest absolute Gasteiger partial charge is 0.248 e. The van der Waals surface area contributed by atoms with Crippen molar-refractivity contribution in [2.45, 2.75) is 32.2 Å². The summed E-state index contributed by atoms with van der Waals surface area (Å²) in [5.41, 5.74) is 0.829. The highest BCUT2D eigenvalue weighted by Crippen LogP contribution is 2.27. The van der Waals surface area contributed by atoms with Gasteiger partial charge in [-0.2, -0.15) is 0 Å². The second-order valence-electron chi connectivity index (χ2n) is 6.43. The molecule has 0 saturated carbocycles. The zero-order valence-electron chi connectivity index (χ0n) is 14.7. The molecular weight excluding hydrogens is 347 g/mol. The highest BCUT2D eigenvalue weighted by atomic mass is 19.1. The Bertz CT molecular complexity index is 976. The number of carbonyl (C=O) groups is 1. The van der Waals surface area contributed by atoms with Gasteiger partial charge in [0.1, 0.15) is 17.4 Å². The lowest BCUT2D eigenvalue weighted by Gasteiger charge is -2.10. The molecule has 1 N–H and O–H groups in total. The average molecular weight is 366 g/mol. The fraction of sp³-hybridized carbons (Fsp3) is 0.250. The quantitative estimate of drug-likeness (QED) is 0.707. The van der Waals surface area contributed by atoms with Crippen molar-refractivity contribution in [3.63, 3.8) is 0 Å². The Labute approximate surface area is 155 Å². The molecular formula is C20H19FN4O2. The molecule has 1 aromatic carbocycles. The van der Waals surface area contributed by atoms with Crippen molar-refractivity contribution in [2.75, 3.05) is 5.32 Å². The van der Waals surface area contributed by atoms with Gasteiger partial charge in [0.25, 0.3) is 0 Å². The van der Waals surface area contributed by atoms with Gasteiger partial charge in [-0.15, -0.1) is 10.2 Å². The molecule has 0 atom stereocenters. The van der Waals surface area contributed by atoms with Gasteiger partial charge in [-0.25, -0.2) is 4.39 Å². The minimum atomic E-state index is -0.390. The van der Waals surface area contributed by atoms with Crippen LogP contribution < -0.4 is 5.32 Å². The summed E-state index contributed by atoms with van der Waals surface area (Å²) in [4.78, 5) is 12.1. The average Bonchev–Trinajstić information content (AvgIpc) is 3.27. The highest BCUT2D eigenvalue weighted by Gasteiger charge is 2.19. The summed E-state index contributed by atoms with van der Waals surface area (Å²) in [7, 11) is 0. The number of benzene rings is 1. The number of carbonyl (C=O) groups excluding carboxylic acids is 1. The highest BCUT2D eigenvalue weighted by molar-refractivity contribution is 6.02. The van der Waals surface area contributed by atoms with Gasteiger partial charge in [-0.3, -0.25) is 4.79 Å². The van der Waals surface area contributed by atoms with Gasteiger partial charge in [-0.05, 0) is 49.2 Å². The Morgan fingerprint density at radius 3 is 3.00 bits per heavy atom. The Balaban J connectivity index is 1.57. The lowest BCUT2D eigenvalue weighted by Crippen LogP contribution is -2.09. The Kier molecular flexibility index (Phi) is 4.82. The van der Waals surface area contributed by atoms with Gasteiger partial charge < -0.3 is 14.3 Å². The molecule has 0 bridgehead atoms. The van der Waals surface area contributed by atoms with Gasteiger partial charge in [0, 0.05) is 24.7 Å². The number of rotatable bonds is 4. The first-order chi connectivity index (χ1) is 13.2. The Morgan fingerprint density at radius 2 is 2.15 bits per heavy atom. The van der Waals surface area contributed by atoms with E-state index in [1.807, 2.05) is 4.57 Å². The van der Waals surface area contributed by atoms with Crippen LogP contribution in [-0.4, -0.2) is 20.7 Å². The molecule has 1 aliphatic rings. The minimum Gasteiger partial charge on any atom is -0.465 e. The summed E-state index contributed by atoms with van der Waals surface area (Å²) in [6.45, 7) is 0.777. The molecule has 6 nitrogen and oxygen atoms in total. The molecule has 0 radical (unpaired) electrons. The van der Waals surface area contributed by atoms with Gasteiger partial charge in [-0.1, -0.05) is 6.42 Å². The van der Waals surface area contributed by atoms with Crippen LogP contribution in [0.25, 0.3) is 17.5 Å². The van der Waals surface area contributed by atoms with E-state index in [0.717, 1.165) is 38.1 Å². The zero-order valence-corrected chi connectivity index (χ0v) is 14.7. The molecule has 3 aromatic rings. The Morgan fingerprint density at radius 1 is 1.22 bits per heavy atom. The van der Waals surface area contributed by atoms with E-state index in [1.165, 1.54) is 24.5 Å². The summed E-state index contributed by atoms with van der Waals surface area (Å²) in [5.74, 6) is 1.25. The number of fused-ring (bicyclic) bond motifs is 1. The standard InChI is InChI=1S/C20H19FN4O2/c21-17-9-7-14(22-19(26)10-8-15-5-4-12-27-15)13-16(17)20-24-23-18-6-2-1-3-11-25(18)20/h4-5,7-10,12-13H,1-3,6,11H2,(H,22,26)/b10-8+. The maximum absolute atomic E-state index is 14.5. The lowest BCUT2D eigenvalue weighted by molar-refractivity contribution is -0.111. The van der Waals surface area contributed by atoms with E-state index in [-0.39, 0.29) is 5.91 Å². The van der Waals surface area contributed by atoms with Crippen molar-refractivity contribution >= 4 is 17.7 Å². The maximum atomic E-state index is 14.5. The van der Waals surface area contributed by atoms with Crippen molar-refractivity contribution in [3.8, 4) is 11.4 Å². The van der Waals surface area contributed by atoms with E-state index in [4.69, 9.17) is 4.42 Å². The van der Waals surface area contributed by atoms with E-state index in [0.29, 0.717) is 22.8 Å². The van der Waals surface area contributed by atoms with Crippen molar-refractivity contribution in [1.82, 2.24) is 14.8 Å². The third-order valence-corrected chi connectivity index (χ3v) is 4.53. The number of hydrogen-bond donors (Lipinski definition) is 1. The molecule has 27 heavy (non-hydrogen) atoms. The van der Waals surface area contributed by atoms with Gasteiger partial charge in [0.15, 0.2) is 5.82 Å². The summed E-state index contributed by atoms with van der Waals surface area (Å²) < 4.78 is 21.6. The third-order valence-electron chi connectivity index (χ3n) is 4.53. The molecule has 4 rings (SSSR count). The molecule has 1 amide bonds. The summed E-state index contributed by atoms with van der Waals surface area (Å²) >= 11 is 0. The van der Waals surface area contributed by atoms with Crippen LogP contribution in [0.4, 0.5) is 10.1 Å². The van der Waals surface area contributed by atoms with Crippen molar-refractivity contribution in [2.24, 2.45) is 0 Å². The number of anilines is 1. The molecule has 7 heteroatoms. The number of nitrogens with zero attached hydrogens (tertiary/aromatic N) is 3. The van der Waals surface area contributed by atoms with Crippen LogP contribution in [-0.2, 0) is 17.8 Å². The largest absolute Gasteiger partial charge is 0.465 e. The van der Waals surface area contributed by atoms with Crippen molar-refractivity contribution in [1.29, 1.82) is 0 Å². The van der Waals surface area contributed by atoms with Gasteiger partial charge in [0.05, 0.1) is 11.8 Å². The lowest BCUT2D eigenvalue weighted by atomic mass is 10.1. The molecule has 1 aliphatic heterocycles. The minimum absolute atomic E-state index is 0.330.